The van der Waals surface area contributed by atoms with Gasteiger partial charge in [0.2, 0.25) is 11.8 Å². The molecule has 3 aliphatic heterocycles. The van der Waals surface area contributed by atoms with E-state index in [1.807, 2.05) is 32.6 Å². The standard InChI is InChI=1S/C30H48N2O6/c1-10-14-32(28(7,8)19-27(4,5)6)25(35)23-30-18-20(3)29(9,38-30)22(26(36)37-17-11-2)21(30)24(34)31(23)15-12-13-16-33/h10-11,20-23,33H,1-2,12-19H2,3-9H3/t20?,21-,22-,23?,29+,30?/m0/s1. The van der Waals surface area contributed by atoms with Crippen LogP contribution < -0.4 is 0 Å². The highest BCUT2D eigenvalue weighted by Crippen LogP contribution is 2.65. The molecule has 3 fully saturated rings. The molecule has 0 radical (unpaired) electrons. The molecular weight excluding hydrogens is 484 g/mol. The zero-order valence-electron chi connectivity index (χ0n) is 24.4. The first-order chi connectivity index (χ1) is 17.6. The van der Waals surface area contributed by atoms with Crippen LogP contribution >= 0.6 is 0 Å². The van der Waals surface area contributed by atoms with Gasteiger partial charge in [-0.1, -0.05) is 46.4 Å². The van der Waals surface area contributed by atoms with E-state index in [0.717, 1.165) is 6.42 Å². The number of carbonyl (C=O) groups is 3. The Morgan fingerprint density at radius 1 is 1.21 bits per heavy atom. The molecule has 214 valence electrons. The van der Waals surface area contributed by atoms with E-state index >= 15 is 0 Å². The summed E-state index contributed by atoms with van der Waals surface area (Å²) < 4.78 is 12.2. The van der Waals surface area contributed by atoms with Crippen molar-refractivity contribution in [2.45, 2.75) is 96.9 Å². The van der Waals surface area contributed by atoms with Crippen LogP contribution in [0.25, 0.3) is 0 Å². The maximum absolute atomic E-state index is 14.7. The Bertz CT molecular complexity index is 955. The maximum Gasteiger partial charge on any atom is 0.313 e. The fraction of sp³-hybridized carbons (Fsp3) is 0.767. The van der Waals surface area contributed by atoms with Crippen LogP contribution in [0.3, 0.4) is 0 Å². The van der Waals surface area contributed by atoms with E-state index in [4.69, 9.17) is 9.47 Å². The lowest BCUT2D eigenvalue weighted by atomic mass is 9.62. The van der Waals surface area contributed by atoms with Gasteiger partial charge in [-0.05, 0) is 57.8 Å². The first-order valence-corrected chi connectivity index (χ1v) is 13.9. The first kappa shape index (κ1) is 30.4. The highest BCUT2D eigenvalue weighted by molar-refractivity contribution is 5.98. The van der Waals surface area contributed by atoms with Crippen molar-refractivity contribution < 1.29 is 29.0 Å². The highest BCUT2D eigenvalue weighted by Gasteiger charge is 2.80. The maximum atomic E-state index is 14.7. The molecule has 0 aromatic heterocycles. The van der Waals surface area contributed by atoms with Crippen molar-refractivity contribution in [2.24, 2.45) is 23.2 Å². The number of aliphatic hydroxyl groups is 1. The van der Waals surface area contributed by atoms with E-state index in [1.54, 1.807) is 11.0 Å². The zero-order chi connectivity index (χ0) is 28.7. The van der Waals surface area contributed by atoms with Gasteiger partial charge >= 0.3 is 5.97 Å². The van der Waals surface area contributed by atoms with Crippen molar-refractivity contribution in [1.82, 2.24) is 9.80 Å². The Hall–Kier alpha value is -2.19. The number of rotatable bonds is 12. The van der Waals surface area contributed by atoms with Gasteiger partial charge in [-0.15, -0.1) is 6.58 Å². The van der Waals surface area contributed by atoms with Crippen LogP contribution in [0.15, 0.2) is 25.3 Å². The first-order valence-electron chi connectivity index (χ1n) is 13.9. The third kappa shape index (κ3) is 5.06. The predicted octanol–water partition coefficient (Wildman–Crippen LogP) is 3.73. The molecule has 3 aliphatic rings. The summed E-state index contributed by atoms with van der Waals surface area (Å²) in [4.78, 5) is 45.6. The van der Waals surface area contributed by atoms with Crippen molar-refractivity contribution in [1.29, 1.82) is 0 Å². The molecular formula is C30H48N2O6. The molecule has 1 spiro atoms. The van der Waals surface area contributed by atoms with E-state index in [0.29, 0.717) is 32.4 Å². The lowest BCUT2D eigenvalue weighted by Crippen LogP contribution is -2.61. The van der Waals surface area contributed by atoms with E-state index < -0.39 is 40.6 Å². The molecule has 3 heterocycles. The number of ether oxygens (including phenoxy) is 2. The molecule has 2 bridgehead atoms. The Labute approximate surface area is 228 Å². The van der Waals surface area contributed by atoms with Crippen LogP contribution in [0.2, 0.25) is 0 Å². The molecule has 3 unspecified atom stereocenters. The number of amides is 2. The molecule has 0 aliphatic carbocycles. The van der Waals surface area contributed by atoms with Crippen LogP contribution in [-0.2, 0) is 23.9 Å². The van der Waals surface area contributed by atoms with Gasteiger partial charge in [-0.2, -0.15) is 0 Å². The normalized spacial score (nSPS) is 32.3. The summed E-state index contributed by atoms with van der Waals surface area (Å²) in [6, 6.07) is -0.876. The number of hydrogen-bond acceptors (Lipinski definition) is 6. The minimum atomic E-state index is -1.13. The number of unbranched alkanes of at least 4 members (excludes halogenated alkanes) is 1. The number of nitrogens with zero attached hydrogens (tertiary/aromatic N) is 2. The molecule has 1 N–H and O–H groups in total. The minimum absolute atomic E-state index is 0.00146. The Kier molecular flexibility index (Phi) is 8.60. The van der Waals surface area contributed by atoms with Gasteiger partial charge in [-0.25, -0.2) is 0 Å². The third-order valence-electron chi connectivity index (χ3n) is 8.72. The summed E-state index contributed by atoms with van der Waals surface area (Å²) in [7, 11) is 0. The topological polar surface area (TPSA) is 96.4 Å². The Balaban J connectivity index is 2.12. The summed E-state index contributed by atoms with van der Waals surface area (Å²) in [5.74, 6) is -2.59. The van der Waals surface area contributed by atoms with Crippen molar-refractivity contribution in [3.8, 4) is 0 Å². The van der Waals surface area contributed by atoms with Gasteiger partial charge in [0, 0.05) is 25.2 Å². The number of aliphatic hydroxyl groups excluding tert-OH is 1. The van der Waals surface area contributed by atoms with E-state index in [9.17, 15) is 19.5 Å². The summed E-state index contributed by atoms with van der Waals surface area (Å²) >= 11 is 0. The fourth-order valence-corrected chi connectivity index (χ4v) is 7.55. The smallest absolute Gasteiger partial charge is 0.313 e. The van der Waals surface area contributed by atoms with Gasteiger partial charge in [0.05, 0.1) is 11.5 Å². The second-order valence-corrected chi connectivity index (χ2v) is 13.4. The molecule has 3 rings (SSSR count). The molecule has 0 aromatic carbocycles. The third-order valence-corrected chi connectivity index (χ3v) is 8.72. The monoisotopic (exact) mass is 532 g/mol. The second-order valence-electron chi connectivity index (χ2n) is 13.4. The molecule has 8 nitrogen and oxygen atoms in total. The van der Waals surface area contributed by atoms with Crippen molar-refractivity contribution in [3.05, 3.63) is 25.3 Å². The average Bonchev–Trinajstić information content (AvgIpc) is 3.31. The lowest BCUT2D eigenvalue weighted by molar-refractivity contribution is -0.162. The van der Waals surface area contributed by atoms with Crippen LogP contribution in [0.1, 0.15) is 74.1 Å². The summed E-state index contributed by atoms with van der Waals surface area (Å²) in [5.41, 5.74) is -2.61. The van der Waals surface area contributed by atoms with Crippen molar-refractivity contribution in [3.63, 3.8) is 0 Å². The average molecular weight is 533 g/mol. The predicted molar refractivity (Wildman–Crippen MR) is 146 cm³/mol. The quantitative estimate of drug-likeness (QED) is 0.234. The Morgan fingerprint density at radius 2 is 1.87 bits per heavy atom. The van der Waals surface area contributed by atoms with Gasteiger partial charge < -0.3 is 24.4 Å². The summed E-state index contributed by atoms with van der Waals surface area (Å²) in [6.45, 7) is 22.6. The lowest BCUT2D eigenvalue weighted by Gasteiger charge is -2.45. The van der Waals surface area contributed by atoms with Crippen molar-refractivity contribution in [2.75, 3.05) is 26.3 Å². The van der Waals surface area contributed by atoms with Gasteiger partial charge in [0.15, 0.2) is 0 Å². The molecule has 6 atom stereocenters. The van der Waals surface area contributed by atoms with E-state index in [2.05, 4.69) is 33.9 Å². The van der Waals surface area contributed by atoms with E-state index in [1.165, 1.54) is 6.08 Å². The molecule has 38 heavy (non-hydrogen) atoms. The van der Waals surface area contributed by atoms with Gasteiger partial charge in [0.25, 0.3) is 0 Å². The van der Waals surface area contributed by atoms with E-state index in [-0.39, 0.29) is 36.4 Å². The molecule has 8 heteroatoms. The summed E-state index contributed by atoms with van der Waals surface area (Å²) in [6.07, 6.45) is 5.51. The van der Waals surface area contributed by atoms with Crippen LogP contribution in [-0.4, -0.2) is 81.8 Å². The van der Waals surface area contributed by atoms with Gasteiger partial charge in [-0.3, -0.25) is 14.4 Å². The van der Waals surface area contributed by atoms with Crippen LogP contribution in [0, 0.1) is 23.2 Å². The Morgan fingerprint density at radius 3 is 2.42 bits per heavy atom. The molecule has 0 saturated carbocycles. The number of carbonyl (C=O) groups excluding carboxylic acids is 3. The fourth-order valence-electron chi connectivity index (χ4n) is 7.55. The van der Waals surface area contributed by atoms with Crippen molar-refractivity contribution >= 4 is 17.8 Å². The molecule has 3 saturated heterocycles. The molecule has 0 aromatic rings. The number of esters is 1. The largest absolute Gasteiger partial charge is 0.461 e. The molecule has 2 amide bonds. The van der Waals surface area contributed by atoms with Crippen LogP contribution in [0.5, 0.6) is 0 Å². The van der Waals surface area contributed by atoms with Crippen LogP contribution in [0.4, 0.5) is 0 Å². The minimum Gasteiger partial charge on any atom is -0.461 e. The number of hydrogen-bond donors (Lipinski definition) is 1. The highest BCUT2D eigenvalue weighted by atomic mass is 16.6. The van der Waals surface area contributed by atoms with Gasteiger partial charge in [0.1, 0.15) is 24.2 Å². The zero-order valence-corrected chi connectivity index (χ0v) is 24.4. The number of fused-ring (bicyclic) bond motifs is 1. The SMILES string of the molecule is C=CCOC(=O)[C@@H]1[C@H]2C(=O)N(CCCCO)C(C(=O)N(CC=C)C(C)(C)CC(C)(C)C)C23CC(C)[C@@]1(C)O3. The number of likely N-dealkylation sites (tertiary alicyclic amines) is 1. The second kappa shape index (κ2) is 10.8. The summed E-state index contributed by atoms with van der Waals surface area (Å²) in [5, 5.41) is 9.40.